The average molecular weight is 180 g/mol. The van der Waals surface area contributed by atoms with Gasteiger partial charge in [-0.25, -0.2) is 9.67 Å². The summed E-state index contributed by atoms with van der Waals surface area (Å²) in [5, 5.41) is 4.89. The minimum atomic E-state index is 0.830. The average Bonchev–Trinajstić information content (AvgIpc) is 2.75. The zero-order valence-electron chi connectivity index (χ0n) is 6.64. The Morgan fingerprint density at radius 3 is 3.08 bits per heavy atom. The van der Waals surface area contributed by atoms with Crippen molar-refractivity contribution in [1.29, 1.82) is 0 Å². The van der Waals surface area contributed by atoms with Gasteiger partial charge in [-0.2, -0.15) is 9.47 Å². The van der Waals surface area contributed by atoms with Crippen LogP contribution in [0.4, 0.5) is 0 Å². The molecule has 12 heavy (non-hydrogen) atoms. The fourth-order valence-corrected chi connectivity index (χ4v) is 1.56. The van der Waals surface area contributed by atoms with Crippen molar-refractivity contribution in [3.63, 3.8) is 0 Å². The number of hydrogen-bond acceptors (Lipinski definition) is 4. The molecule has 0 spiro atoms. The van der Waals surface area contributed by atoms with Crippen LogP contribution in [0.15, 0.2) is 18.5 Å². The zero-order valence-corrected chi connectivity index (χ0v) is 7.45. The summed E-state index contributed by atoms with van der Waals surface area (Å²) in [6.07, 6.45) is 4.46. The van der Waals surface area contributed by atoms with Crippen LogP contribution in [0.2, 0.25) is 0 Å². The lowest BCUT2D eigenvalue weighted by atomic mass is 10.5. The van der Waals surface area contributed by atoms with Crippen molar-refractivity contribution in [3.8, 4) is 5.13 Å². The third-order valence-electron chi connectivity index (χ3n) is 1.47. The summed E-state index contributed by atoms with van der Waals surface area (Å²) in [6.45, 7) is 2.04. The van der Waals surface area contributed by atoms with Gasteiger partial charge >= 0.3 is 0 Å². The summed E-state index contributed by atoms with van der Waals surface area (Å²) in [4.78, 5) is 4.28. The molecule has 0 N–H and O–H groups in total. The highest BCUT2D eigenvalue weighted by Gasteiger charge is 2.02. The fraction of sp³-hybridized carbons (Fsp3) is 0.286. The lowest BCUT2D eigenvalue weighted by molar-refractivity contribution is 0.854. The van der Waals surface area contributed by atoms with Crippen molar-refractivity contribution in [1.82, 2.24) is 19.1 Å². The van der Waals surface area contributed by atoms with Crippen LogP contribution in [0, 0.1) is 0 Å². The molecule has 0 aromatic carbocycles. The summed E-state index contributed by atoms with van der Waals surface area (Å²) in [7, 11) is 0. The number of aromatic nitrogens is 4. The van der Waals surface area contributed by atoms with Gasteiger partial charge in [0, 0.05) is 30.3 Å². The highest BCUT2D eigenvalue weighted by Crippen LogP contribution is 2.09. The highest BCUT2D eigenvalue weighted by atomic mass is 32.1. The predicted molar refractivity (Wildman–Crippen MR) is 46.4 cm³/mol. The Balaban J connectivity index is 2.35. The van der Waals surface area contributed by atoms with Gasteiger partial charge in [0.05, 0.1) is 0 Å². The number of aryl methyl sites for hydroxylation is 1. The Hall–Kier alpha value is -1.23. The standard InChI is InChI=1S/C7H8N4S/c1-2-6-9-7(12-10-6)11-5-3-4-8-11/h3-5H,2H2,1H3. The molecule has 0 bridgehead atoms. The van der Waals surface area contributed by atoms with E-state index in [0.717, 1.165) is 17.4 Å². The van der Waals surface area contributed by atoms with Gasteiger partial charge in [0.15, 0.2) is 0 Å². The summed E-state index contributed by atoms with van der Waals surface area (Å²) in [6, 6.07) is 1.87. The lowest BCUT2D eigenvalue weighted by Gasteiger charge is -1.89. The van der Waals surface area contributed by atoms with Crippen molar-refractivity contribution in [2.75, 3.05) is 0 Å². The van der Waals surface area contributed by atoms with Crippen LogP contribution in [0.5, 0.6) is 0 Å². The molecule has 0 unspecified atom stereocenters. The summed E-state index contributed by atoms with van der Waals surface area (Å²) < 4.78 is 5.88. The molecular weight excluding hydrogens is 172 g/mol. The second kappa shape index (κ2) is 3.02. The Labute approximate surface area is 74.0 Å². The van der Waals surface area contributed by atoms with Crippen LogP contribution in [0.25, 0.3) is 5.13 Å². The predicted octanol–water partition coefficient (Wildman–Crippen LogP) is 1.29. The molecule has 0 aliphatic carbocycles. The molecule has 0 fully saturated rings. The SMILES string of the molecule is CCc1nsc(-n2cccn2)n1. The maximum absolute atomic E-state index is 4.28. The molecular formula is C7H8N4S. The topological polar surface area (TPSA) is 43.6 Å². The van der Waals surface area contributed by atoms with Crippen LogP contribution in [0.3, 0.4) is 0 Å². The van der Waals surface area contributed by atoms with E-state index in [9.17, 15) is 0 Å². The molecule has 2 aromatic rings. The first-order valence-electron chi connectivity index (χ1n) is 3.72. The summed E-state index contributed by atoms with van der Waals surface area (Å²) in [5.74, 6) is 0.880. The number of hydrogen-bond donors (Lipinski definition) is 0. The Morgan fingerprint density at radius 1 is 1.58 bits per heavy atom. The third kappa shape index (κ3) is 1.23. The first-order chi connectivity index (χ1) is 5.90. The summed E-state index contributed by atoms with van der Waals surface area (Å²) >= 11 is 1.37. The number of rotatable bonds is 2. The van der Waals surface area contributed by atoms with Crippen molar-refractivity contribution in [3.05, 3.63) is 24.3 Å². The largest absolute Gasteiger partial charge is 0.230 e. The Bertz CT molecular complexity index is 351. The molecule has 0 aliphatic heterocycles. The van der Waals surface area contributed by atoms with Gasteiger partial charge in [0.25, 0.3) is 0 Å². The van der Waals surface area contributed by atoms with Gasteiger partial charge in [-0.15, -0.1) is 0 Å². The van der Waals surface area contributed by atoms with Gasteiger partial charge < -0.3 is 0 Å². The molecule has 0 saturated heterocycles. The molecule has 5 heteroatoms. The van der Waals surface area contributed by atoms with E-state index in [1.54, 1.807) is 10.9 Å². The smallest absolute Gasteiger partial charge is 0.212 e. The third-order valence-corrected chi connectivity index (χ3v) is 2.22. The second-order valence-electron chi connectivity index (χ2n) is 2.30. The monoisotopic (exact) mass is 180 g/mol. The van der Waals surface area contributed by atoms with Crippen molar-refractivity contribution >= 4 is 11.5 Å². The lowest BCUT2D eigenvalue weighted by Crippen LogP contribution is -1.93. The van der Waals surface area contributed by atoms with Crippen LogP contribution < -0.4 is 0 Å². The minimum Gasteiger partial charge on any atom is -0.212 e. The molecule has 4 nitrogen and oxygen atoms in total. The van der Waals surface area contributed by atoms with E-state index < -0.39 is 0 Å². The fourth-order valence-electron chi connectivity index (χ4n) is 0.863. The van der Waals surface area contributed by atoms with E-state index in [-0.39, 0.29) is 0 Å². The van der Waals surface area contributed by atoms with Gasteiger partial charge in [0.2, 0.25) is 5.13 Å². The van der Waals surface area contributed by atoms with Gasteiger partial charge in [-0.3, -0.25) is 0 Å². The van der Waals surface area contributed by atoms with Crippen molar-refractivity contribution in [2.45, 2.75) is 13.3 Å². The van der Waals surface area contributed by atoms with Crippen molar-refractivity contribution in [2.24, 2.45) is 0 Å². The van der Waals surface area contributed by atoms with Gasteiger partial charge in [-0.05, 0) is 6.07 Å². The molecule has 2 rings (SSSR count). The first kappa shape index (κ1) is 7.42. The van der Waals surface area contributed by atoms with E-state index >= 15 is 0 Å². The Kier molecular flexibility index (Phi) is 1.87. The van der Waals surface area contributed by atoms with Crippen LogP contribution in [-0.4, -0.2) is 19.1 Å². The molecule has 62 valence electrons. The highest BCUT2D eigenvalue weighted by molar-refractivity contribution is 7.08. The van der Waals surface area contributed by atoms with Crippen LogP contribution in [0.1, 0.15) is 12.7 Å². The molecule has 0 amide bonds. The second-order valence-corrected chi connectivity index (χ2v) is 3.03. The van der Waals surface area contributed by atoms with E-state index in [4.69, 9.17) is 0 Å². The van der Waals surface area contributed by atoms with Crippen LogP contribution >= 0.6 is 11.5 Å². The molecule has 0 saturated carbocycles. The maximum atomic E-state index is 4.28. The molecule has 0 atom stereocenters. The van der Waals surface area contributed by atoms with E-state index in [1.807, 2.05) is 19.2 Å². The van der Waals surface area contributed by atoms with Gasteiger partial charge in [-0.1, -0.05) is 6.92 Å². The van der Waals surface area contributed by atoms with E-state index in [0.29, 0.717) is 0 Å². The minimum absolute atomic E-state index is 0.830. The molecule has 2 heterocycles. The Morgan fingerprint density at radius 2 is 2.50 bits per heavy atom. The van der Waals surface area contributed by atoms with Crippen LogP contribution in [-0.2, 0) is 6.42 Å². The molecule has 0 aliphatic rings. The number of nitrogens with zero attached hydrogens (tertiary/aromatic N) is 4. The van der Waals surface area contributed by atoms with E-state index in [1.165, 1.54) is 11.5 Å². The maximum Gasteiger partial charge on any atom is 0.230 e. The first-order valence-corrected chi connectivity index (χ1v) is 4.50. The molecule has 0 radical (unpaired) electrons. The van der Waals surface area contributed by atoms with Gasteiger partial charge in [0.1, 0.15) is 5.82 Å². The quantitative estimate of drug-likeness (QED) is 0.699. The van der Waals surface area contributed by atoms with Crippen molar-refractivity contribution < 1.29 is 0 Å². The van der Waals surface area contributed by atoms with E-state index in [2.05, 4.69) is 14.5 Å². The zero-order chi connectivity index (χ0) is 8.39. The summed E-state index contributed by atoms with van der Waals surface area (Å²) in [5.41, 5.74) is 0. The normalized spacial score (nSPS) is 10.4. The molecule has 2 aromatic heterocycles.